The first kappa shape index (κ1) is 28.1. The zero-order chi connectivity index (χ0) is 28.3. The largest absolute Gasteiger partial charge is 0.416 e. The first-order chi connectivity index (χ1) is 19.2. The number of ether oxygens (including phenoxy) is 1. The summed E-state index contributed by atoms with van der Waals surface area (Å²) >= 11 is 7.30. The number of amides is 1. The molecule has 0 bridgehead atoms. The molecular weight excluding hydrogens is 561 g/mol. The minimum Gasteiger partial charge on any atom is -0.378 e. The standard InChI is InChI=1S/C29H26ClF3N4O2S/c1-19-4-2-3-5-24(19)37-26(20-6-9-22(30)10-7-20)17-34-28(37)40-18-27(38)35-23-16-21(29(31,32)33)8-11-25(23)36-12-14-39-15-13-36/h2-11,16-17H,12-15,18H2,1H3,(H,35,38). The number of hydrogen-bond acceptors (Lipinski definition) is 5. The van der Waals surface area contributed by atoms with Gasteiger partial charge in [0.05, 0.1) is 53.5 Å². The maximum atomic E-state index is 13.5. The third kappa shape index (κ3) is 6.29. The molecule has 2 heterocycles. The fourth-order valence-electron chi connectivity index (χ4n) is 4.52. The summed E-state index contributed by atoms with van der Waals surface area (Å²) in [5.74, 6) is -0.493. The van der Waals surface area contributed by atoms with Crippen LogP contribution < -0.4 is 10.2 Å². The van der Waals surface area contributed by atoms with Crippen molar-refractivity contribution in [3.05, 3.63) is 89.1 Å². The van der Waals surface area contributed by atoms with Gasteiger partial charge in [0.1, 0.15) is 0 Å². The summed E-state index contributed by atoms with van der Waals surface area (Å²) in [7, 11) is 0. The quantitative estimate of drug-likeness (QED) is 0.234. The van der Waals surface area contributed by atoms with E-state index in [4.69, 9.17) is 16.3 Å². The number of aromatic nitrogens is 2. The number of carbonyl (C=O) groups excluding carboxylic acids is 1. The van der Waals surface area contributed by atoms with Gasteiger partial charge in [0, 0.05) is 23.7 Å². The molecule has 0 radical (unpaired) electrons. The molecule has 5 rings (SSSR count). The Kier molecular flexibility index (Phi) is 8.39. The first-order valence-corrected chi connectivity index (χ1v) is 13.9. The molecule has 1 saturated heterocycles. The molecule has 208 valence electrons. The van der Waals surface area contributed by atoms with Crippen LogP contribution in [0, 0.1) is 6.92 Å². The number of alkyl halides is 3. The molecule has 1 aliphatic rings. The summed E-state index contributed by atoms with van der Waals surface area (Å²) in [6.45, 7) is 3.95. The number of carbonyl (C=O) groups is 1. The van der Waals surface area contributed by atoms with Crippen molar-refractivity contribution in [3.8, 4) is 16.9 Å². The van der Waals surface area contributed by atoms with E-state index in [9.17, 15) is 18.0 Å². The topological polar surface area (TPSA) is 59.4 Å². The Morgan fingerprint density at radius 2 is 1.77 bits per heavy atom. The second-order valence-electron chi connectivity index (χ2n) is 9.22. The number of imidazole rings is 1. The molecule has 1 N–H and O–H groups in total. The highest BCUT2D eigenvalue weighted by Gasteiger charge is 2.32. The van der Waals surface area contributed by atoms with E-state index in [1.165, 1.54) is 17.8 Å². The summed E-state index contributed by atoms with van der Waals surface area (Å²) in [6, 6.07) is 18.6. The molecule has 1 aromatic heterocycles. The predicted molar refractivity (Wildman–Crippen MR) is 153 cm³/mol. The third-order valence-corrected chi connectivity index (χ3v) is 7.71. The van der Waals surface area contributed by atoms with Crippen LogP contribution >= 0.6 is 23.4 Å². The van der Waals surface area contributed by atoms with E-state index in [0.717, 1.165) is 34.6 Å². The second-order valence-corrected chi connectivity index (χ2v) is 10.6. The lowest BCUT2D eigenvalue weighted by Crippen LogP contribution is -2.37. The second kappa shape index (κ2) is 12.0. The van der Waals surface area contributed by atoms with Crippen LogP contribution in [0.1, 0.15) is 11.1 Å². The molecule has 11 heteroatoms. The zero-order valence-electron chi connectivity index (χ0n) is 21.5. The lowest BCUT2D eigenvalue weighted by Gasteiger charge is -2.31. The van der Waals surface area contributed by atoms with Crippen molar-refractivity contribution in [2.24, 2.45) is 0 Å². The number of rotatable bonds is 7. The van der Waals surface area contributed by atoms with Gasteiger partial charge in [-0.05, 0) is 48.9 Å². The van der Waals surface area contributed by atoms with Crippen molar-refractivity contribution in [1.82, 2.24) is 9.55 Å². The summed E-state index contributed by atoms with van der Waals surface area (Å²) in [4.78, 5) is 19.6. The van der Waals surface area contributed by atoms with Crippen molar-refractivity contribution in [2.75, 3.05) is 42.3 Å². The van der Waals surface area contributed by atoms with Crippen molar-refractivity contribution < 1.29 is 22.7 Å². The molecule has 0 spiro atoms. The lowest BCUT2D eigenvalue weighted by atomic mass is 10.1. The minimum absolute atomic E-state index is 0.0538. The highest BCUT2D eigenvalue weighted by Crippen LogP contribution is 2.36. The number of aryl methyl sites for hydroxylation is 1. The minimum atomic E-state index is -4.53. The average Bonchev–Trinajstić information content (AvgIpc) is 3.36. The van der Waals surface area contributed by atoms with E-state index in [2.05, 4.69) is 10.3 Å². The predicted octanol–water partition coefficient (Wildman–Crippen LogP) is 7.09. The number of thioether (sulfide) groups is 1. The van der Waals surface area contributed by atoms with E-state index < -0.39 is 17.6 Å². The summed E-state index contributed by atoms with van der Waals surface area (Å²) in [5, 5.41) is 3.90. The third-order valence-electron chi connectivity index (χ3n) is 6.51. The molecule has 3 aromatic carbocycles. The normalized spacial score (nSPS) is 13.9. The monoisotopic (exact) mass is 586 g/mol. The van der Waals surface area contributed by atoms with Gasteiger partial charge in [0.2, 0.25) is 5.91 Å². The summed E-state index contributed by atoms with van der Waals surface area (Å²) < 4.78 is 47.8. The Morgan fingerprint density at radius 3 is 2.48 bits per heavy atom. The Hall–Kier alpha value is -3.47. The van der Waals surface area contributed by atoms with Crippen LogP contribution in [0.25, 0.3) is 16.9 Å². The number of nitrogens with one attached hydrogen (secondary N) is 1. The van der Waals surface area contributed by atoms with E-state index in [0.29, 0.717) is 42.2 Å². The zero-order valence-corrected chi connectivity index (χ0v) is 23.1. The van der Waals surface area contributed by atoms with E-state index >= 15 is 0 Å². The van der Waals surface area contributed by atoms with Gasteiger partial charge in [0.25, 0.3) is 0 Å². The van der Waals surface area contributed by atoms with Crippen molar-refractivity contribution >= 4 is 40.6 Å². The molecule has 4 aromatic rings. The van der Waals surface area contributed by atoms with Crippen LogP contribution in [-0.2, 0) is 15.7 Å². The van der Waals surface area contributed by atoms with Gasteiger partial charge >= 0.3 is 6.18 Å². The molecule has 40 heavy (non-hydrogen) atoms. The van der Waals surface area contributed by atoms with Crippen LogP contribution in [-0.4, -0.2) is 47.5 Å². The Morgan fingerprint density at radius 1 is 1.05 bits per heavy atom. The highest BCUT2D eigenvalue weighted by molar-refractivity contribution is 7.99. The Bertz CT molecular complexity index is 1500. The van der Waals surface area contributed by atoms with Gasteiger partial charge in [0.15, 0.2) is 5.16 Å². The van der Waals surface area contributed by atoms with Crippen molar-refractivity contribution in [2.45, 2.75) is 18.3 Å². The fourth-order valence-corrected chi connectivity index (χ4v) is 5.43. The molecular formula is C29H26ClF3N4O2S. The van der Waals surface area contributed by atoms with Crippen molar-refractivity contribution in [1.29, 1.82) is 0 Å². The van der Waals surface area contributed by atoms with Crippen LogP contribution in [0.5, 0.6) is 0 Å². The first-order valence-electron chi connectivity index (χ1n) is 12.6. The maximum Gasteiger partial charge on any atom is 0.416 e. The number of benzene rings is 3. The molecule has 0 aliphatic carbocycles. The van der Waals surface area contributed by atoms with Gasteiger partial charge in [-0.25, -0.2) is 4.98 Å². The van der Waals surface area contributed by atoms with Crippen LogP contribution in [0.4, 0.5) is 24.5 Å². The highest BCUT2D eigenvalue weighted by atomic mass is 35.5. The molecule has 1 fully saturated rings. The van der Waals surface area contributed by atoms with Gasteiger partial charge < -0.3 is 15.0 Å². The maximum absolute atomic E-state index is 13.5. The average molecular weight is 587 g/mol. The van der Waals surface area contributed by atoms with Gasteiger partial charge in [-0.1, -0.05) is 53.7 Å². The summed E-state index contributed by atoms with van der Waals surface area (Å²) in [6.07, 6.45) is -2.80. The number of para-hydroxylation sites is 1. The number of anilines is 2. The van der Waals surface area contributed by atoms with Crippen LogP contribution in [0.2, 0.25) is 5.02 Å². The van der Waals surface area contributed by atoms with Crippen LogP contribution in [0.15, 0.2) is 78.1 Å². The molecule has 6 nitrogen and oxygen atoms in total. The molecule has 1 aliphatic heterocycles. The van der Waals surface area contributed by atoms with E-state index in [1.807, 2.05) is 52.8 Å². The molecule has 0 saturated carbocycles. The Labute approximate surface area is 239 Å². The van der Waals surface area contributed by atoms with E-state index in [-0.39, 0.29) is 11.4 Å². The lowest BCUT2D eigenvalue weighted by molar-refractivity contribution is -0.137. The SMILES string of the molecule is Cc1ccccc1-n1c(-c2ccc(Cl)cc2)cnc1SCC(=O)Nc1cc(C(F)(F)F)ccc1N1CCOCC1. The van der Waals surface area contributed by atoms with Gasteiger partial charge in [-0.15, -0.1) is 0 Å². The molecule has 0 unspecified atom stereocenters. The summed E-state index contributed by atoms with van der Waals surface area (Å²) in [5.41, 5.74) is 3.46. The van der Waals surface area contributed by atoms with Crippen LogP contribution in [0.3, 0.4) is 0 Å². The van der Waals surface area contributed by atoms with E-state index in [1.54, 1.807) is 18.3 Å². The van der Waals surface area contributed by atoms with Gasteiger partial charge in [-0.3, -0.25) is 9.36 Å². The number of morpholine rings is 1. The smallest absolute Gasteiger partial charge is 0.378 e. The fraction of sp³-hybridized carbons (Fsp3) is 0.241. The molecule has 1 amide bonds. The molecule has 0 atom stereocenters. The van der Waals surface area contributed by atoms with Gasteiger partial charge in [-0.2, -0.15) is 13.2 Å². The number of nitrogens with zero attached hydrogens (tertiary/aromatic N) is 3. The number of hydrogen-bond donors (Lipinski definition) is 1. The Balaban J connectivity index is 1.41. The number of halogens is 4. The van der Waals surface area contributed by atoms with Crippen molar-refractivity contribution in [3.63, 3.8) is 0 Å².